The number of nitrogens with one attached hydrogen (secondary N) is 1. The standard InChI is InChI=1S/C16H16N4O5/c21-15(18-14-3-1-2-13(14)16(22)23)10-8-17-19(9-10)11-4-6-12(7-5-11)20(24)25/h4-9,13-14H,1-3H2,(H,18,21)(H,22,23)/t13-,14+/m1/s1. The Hall–Kier alpha value is -3.23. The number of hydrogen-bond donors (Lipinski definition) is 2. The largest absolute Gasteiger partial charge is 0.481 e. The Bertz CT molecular complexity index is 814. The molecule has 3 rings (SSSR count). The molecule has 0 radical (unpaired) electrons. The summed E-state index contributed by atoms with van der Waals surface area (Å²) in [5.74, 6) is -1.84. The normalized spacial score (nSPS) is 19.5. The molecule has 1 aromatic heterocycles. The van der Waals surface area contributed by atoms with Crippen LogP contribution >= 0.6 is 0 Å². The number of aliphatic carboxylic acids is 1. The molecule has 0 bridgehead atoms. The van der Waals surface area contributed by atoms with Crippen LogP contribution in [0.2, 0.25) is 0 Å². The van der Waals surface area contributed by atoms with Crippen LogP contribution in [0.3, 0.4) is 0 Å². The van der Waals surface area contributed by atoms with Gasteiger partial charge in [-0.05, 0) is 25.0 Å². The third-order valence-corrected chi connectivity index (χ3v) is 4.32. The van der Waals surface area contributed by atoms with Gasteiger partial charge in [-0.15, -0.1) is 0 Å². The molecule has 1 aliphatic rings. The number of nitro groups is 1. The van der Waals surface area contributed by atoms with E-state index in [9.17, 15) is 19.7 Å². The minimum atomic E-state index is -0.899. The molecule has 1 heterocycles. The summed E-state index contributed by atoms with van der Waals surface area (Å²) in [6, 6.07) is 5.39. The molecule has 0 unspecified atom stereocenters. The second kappa shape index (κ2) is 6.71. The third-order valence-electron chi connectivity index (χ3n) is 4.32. The summed E-state index contributed by atoms with van der Waals surface area (Å²) in [7, 11) is 0. The van der Waals surface area contributed by atoms with Gasteiger partial charge in [0.2, 0.25) is 0 Å². The van der Waals surface area contributed by atoms with Gasteiger partial charge in [-0.2, -0.15) is 5.10 Å². The Morgan fingerprint density at radius 1 is 1.28 bits per heavy atom. The lowest BCUT2D eigenvalue weighted by atomic mass is 10.0. The van der Waals surface area contributed by atoms with Gasteiger partial charge in [-0.3, -0.25) is 19.7 Å². The molecule has 9 nitrogen and oxygen atoms in total. The topological polar surface area (TPSA) is 127 Å². The van der Waals surface area contributed by atoms with Crippen LogP contribution in [0.1, 0.15) is 29.6 Å². The van der Waals surface area contributed by atoms with Gasteiger partial charge in [-0.1, -0.05) is 6.42 Å². The number of nitro benzene ring substituents is 1. The van der Waals surface area contributed by atoms with E-state index in [0.717, 1.165) is 6.42 Å². The molecular weight excluding hydrogens is 328 g/mol. The van der Waals surface area contributed by atoms with Crippen molar-refractivity contribution < 1.29 is 19.6 Å². The Balaban J connectivity index is 1.71. The lowest BCUT2D eigenvalue weighted by molar-refractivity contribution is -0.384. The molecule has 2 N–H and O–H groups in total. The van der Waals surface area contributed by atoms with E-state index in [4.69, 9.17) is 5.11 Å². The van der Waals surface area contributed by atoms with E-state index in [1.54, 1.807) is 0 Å². The number of amides is 1. The number of non-ortho nitro benzene ring substituents is 1. The van der Waals surface area contributed by atoms with Gasteiger partial charge in [0.25, 0.3) is 11.6 Å². The number of carbonyl (C=O) groups excluding carboxylic acids is 1. The number of aromatic nitrogens is 2. The maximum Gasteiger partial charge on any atom is 0.308 e. The maximum absolute atomic E-state index is 12.3. The number of nitrogens with zero attached hydrogens (tertiary/aromatic N) is 3. The molecular formula is C16H16N4O5. The predicted molar refractivity (Wildman–Crippen MR) is 86.4 cm³/mol. The van der Waals surface area contributed by atoms with Crippen molar-refractivity contribution in [2.24, 2.45) is 5.92 Å². The fourth-order valence-corrected chi connectivity index (χ4v) is 2.99. The highest BCUT2D eigenvalue weighted by atomic mass is 16.6. The van der Waals surface area contributed by atoms with Crippen LogP contribution in [-0.4, -0.2) is 37.7 Å². The van der Waals surface area contributed by atoms with Gasteiger partial charge in [0.15, 0.2) is 0 Å². The van der Waals surface area contributed by atoms with Crippen LogP contribution in [0.15, 0.2) is 36.7 Å². The highest BCUT2D eigenvalue weighted by molar-refractivity contribution is 5.94. The van der Waals surface area contributed by atoms with Crippen LogP contribution < -0.4 is 5.32 Å². The number of rotatable bonds is 5. The van der Waals surface area contributed by atoms with Gasteiger partial charge in [0.1, 0.15) is 0 Å². The average Bonchev–Trinajstić information content (AvgIpc) is 3.24. The van der Waals surface area contributed by atoms with Crippen LogP contribution in [0.4, 0.5) is 5.69 Å². The monoisotopic (exact) mass is 344 g/mol. The molecule has 0 aliphatic heterocycles. The van der Waals surface area contributed by atoms with E-state index in [2.05, 4.69) is 10.4 Å². The van der Waals surface area contributed by atoms with E-state index >= 15 is 0 Å². The summed E-state index contributed by atoms with van der Waals surface area (Å²) in [5, 5.41) is 26.7. The van der Waals surface area contributed by atoms with Crippen molar-refractivity contribution in [1.29, 1.82) is 0 Å². The number of carboxylic acids is 1. The van der Waals surface area contributed by atoms with Crippen LogP contribution in [0.25, 0.3) is 5.69 Å². The molecule has 2 atom stereocenters. The van der Waals surface area contributed by atoms with Crippen molar-refractivity contribution in [3.8, 4) is 5.69 Å². The molecule has 130 valence electrons. The molecule has 1 saturated carbocycles. The number of benzene rings is 1. The molecule has 1 fully saturated rings. The zero-order chi connectivity index (χ0) is 18.0. The Morgan fingerprint density at radius 2 is 2.00 bits per heavy atom. The van der Waals surface area contributed by atoms with Gasteiger partial charge in [-0.25, -0.2) is 4.68 Å². The minimum absolute atomic E-state index is 0.0326. The molecule has 25 heavy (non-hydrogen) atoms. The van der Waals surface area contributed by atoms with Crippen molar-refractivity contribution in [3.05, 3.63) is 52.3 Å². The molecule has 1 aromatic carbocycles. The predicted octanol–water partition coefficient (Wildman–Crippen LogP) is 1.76. The first kappa shape index (κ1) is 16.6. The van der Waals surface area contributed by atoms with Crippen LogP contribution in [0, 0.1) is 16.0 Å². The van der Waals surface area contributed by atoms with Crippen molar-refractivity contribution in [1.82, 2.24) is 15.1 Å². The quantitative estimate of drug-likeness (QED) is 0.628. The van der Waals surface area contributed by atoms with Crippen molar-refractivity contribution in [2.45, 2.75) is 25.3 Å². The van der Waals surface area contributed by atoms with Gasteiger partial charge in [0.05, 0.1) is 28.3 Å². The molecule has 0 spiro atoms. The number of carboxylic acid groups (broad SMARTS) is 1. The van der Waals surface area contributed by atoms with Crippen molar-refractivity contribution >= 4 is 17.6 Å². The highest BCUT2D eigenvalue weighted by Crippen LogP contribution is 2.26. The fraction of sp³-hybridized carbons (Fsp3) is 0.312. The third kappa shape index (κ3) is 3.49. The van der Waals surface area contributed by atoms with E-state index in [-0.39, 0.29) is 17.6 Å². The lowest BCUT2D eigenvalue weighted by Crippen LogP contribution is -2.40. The second-order valence-corrected chi connectivity index (χ2v) is 5.90. The SMILES string of the molecule is O=C(N[C@H]1CCC[C@H]1C(=O)O)c1cnn(-c2ccc([N+](=O)[O-])cc2)c1. The summed E-state index contributed by atoms with van der Waals surface area (Å²) in [6.07, 6.45) is 4.84. The van der Waals surface area contributed by atoms with E-state index in [1.807, 2.05) is 0 Å². The molecule has 0 saturated heterocycles. The second-order valence-electron chi connectivity index (χ2n) is 5.90. The summed E-state index contributed by atoms with van der Waals surface area (Å²) in [4.78, 5) is 33.7. The first-order chi connectivity index (χ1) is 12.0. The summed E-state index contributed by atoms with van der Waals surface area (Å²) in [6.45, 7) is 0. The Labute approximate surface area is 142 Å². The van der Waals surface area contributed by atoms with Crippen molar-refractivity contribution in [3.63, 3.8) is 0 Å². The zero-order valence-electron chi connectivity index (χ0n) is 13.2. The Morgan fingerprint density at radius 3 is 2.64 bits per heavy atom. The lowest BCUT2D eigenvalue weighted by Gasteiger charge is -2.16. The first-order valence-electron chi connectivity index (χ1n) is 7.79. The summed E-state index contributed by atoms with van der Waals surface area (Å²) >= 11 is 0. The average molecular weight is 344 g/mol. The maximum atomic E-state index is 12.3. The van der Waals surface area contributed by atoms with Crippen LogP contribution in [0.5, 0.6) is 0 Å². The first-order valence-corrected chi connectivity index (χ1v) is 7.79. The fourth-order valence-electron chi connectivity index (χ4n) is 2.99. The summed E-state index contributed by atoms with van der Waals surface area (Å²) < 4.78 is 1.43. The summed E-state index contributed by atoms with van der Waals surface area (Å²) in [5.41, 5.74) is 0.845. The van der Waals surface area contributed by atoms with Crippen molar-refractivity contribution in [2.75, 3.05) is 0 Å². The Kier molecular flexibility index (Phi) is 4.46. The van der Waals surface area contributed by atoms with E-state index in [1.165, 1.54) is 41.3 Å². The van der Waals surface area contributed by atoms with Gasteiger partial charge >= 0.3 is 5.97 Å². The minimum Gasteiger partial charge on any atom is -0.481 e. The van der Waals surface area contributed by atoms with Gasteiger partial charge in [0, 0.05) is 24.4 Å². The molecule has 1 aliphatic carbocycles. The van der Waals surface area contributed by atoms with Gasteiger partial charge < -0.3 is 10.4 Å². The smallest absolute Gasteiger partial charge is 0.308 e. The zero-order valence-corrected chi connectivity index (χ0v) is 13.2. The molecule has 9 heteroatoms. The number of hydrogen-bond acceptors (Lipinski definition) is 5. The van der Waals surface area contributed by atoms with E-state index < -0.39 is 16.8 Å². The van der Waals surface area contributed by atoms with E-state index in [0.29, 0.717) is 24.1 Å². The highest BCUT2D eigenvalue weighted by Gasteiger charge is 2.34. The molecule has 2 aromatic rings. The van der Waals surface area contributed by atoms with Crippen LogP contribution in [-0.2, 0) is 4.79 Å². The molecule has 1 amide bonds. The number of carbonyl (C=O) groups is 2.